The van der Waals surface area contributed by atoms with Gasteiger partial charge in [0.05, 0.1) is 13.2 Å². The van der Waals surface area contributed by atoms with E-state index < -0.39 is 5.97 Å². The van der Waals surface area contributed by atoms with E-state index in [9.17, 15) is 9.59 Å². The number of hydrogen-bond donors (Lipinski definition) is 3. The van der Waals surface area contributed by atoms with Gasteiger partial charge in [0.2, 0.25) is 5.91 Å². The molecule has 104 valence electrons. The lowest BCUT2D eigenvalue weighted by molar-refractivity contribution is -0.137. The Morgan fingerprint density at radius 2 is 2.33 bits per heavy atom. The molecule has 0 aromatic carbocycles. The Hall–Kier alpha value is -1.14. The van der Waals surface area contributed by atoms with Gasteiger partial charge < -0.3 is 20.5 Å². The second-order valence-corrected chi connectivity index (χ2v) is 4.77. The van der Waals surface area contributed by atoms with Crippen LogP contribution in [0.4, 0.5) is 0 Å². The Labute approximate surface area is 107 Å². The van der Waals surface area contributed by atoms with Gasteiger partial charge in [-0.2, -0.15) is 0 Å². The van der Waals surface area contributed by atoms with Crippen molar-refractivity contribution < 1.29 is 19.4 Å². The molecule has 1 heterocycles. The van der Waals surface area contributed by atoms with E-state index >= 15 is 0 Å². The molecule has 18 heavy (non-hydrogen) atoms. The van der Waals surface area contributed by atoms with Gasteiger partial charge in [0.1, 0.15) is 0 Å². The van der Waals surface area contributed by atoms with E-state index in [1.165, 1.54) is 0 Å². The second kappa shape index (κ2) is 8.05. The number of carboxylic acid groups (broad SMARTS) is 1. The Kier molecular flexibility index (Phi) is 6.67. The predicted octanol–water partition coefficient (Wildman–Crippen LogP) is -0.0180. The van der Waals surface area contributed by atoms with Crippen LogP contribution >= 0.6 is 0 Å². The van der Waals surface area contributed by atoms with E-state index in [0.717, 1.165) is 6.54 Å². The van der Waals surface area contributed by atoms with Crippen LogP contribution < -0.4 is 10.6 Å². The standard InChI is InChI=1S/C12H22N2O4/c1-9(2-3-12(16)17)7-14-11(15)6-10-8-18-5-4-13-10/h9-10,13H,2-8H2,1H3,(H,14,15)(H,16,17). The molecule has 1 aliphatic heterocycles. The van der Waals surface area contributed by atoms with Crippen LogP contribution in [0, 0.1) is 5.92 Å². The summed E-state index contributed by atoms with van der Waals surface area (Å²) < 4.78 is 5.27. The van der Waals surface area contributed by atoms with Gasteiger partial charge in [-0.25, -0.2) is 0 Å². The summed E-state index contributed by atoms with van der Waals surface area (Å²) in [4.78, 5) is 22.0. The largest absolute Gasteiger partial charge is 0.481 e. The van der Waals surface area contributed by atoms with Crippen LogP contribution in [-0.4, -0.2) is 49.3 Å². The summed E-state index contributed by atoms with van der Waals surface area (Å²) in [7, 11) is 0. The highest BCUT2D eigenvalue weighted by atomic mass is 16.5. The molecule has 0 saturated carbocycles. The number of rotatable bonds is 7. The molecule has 1 aliphatic rings. The summed E-state index contributed by atoms with van der Waals surface area (Å²) >= 11 is 0. The van der Waals surface area contributed by atoms with Crippen LogP contribution in [0.3, 0.4) is 0 Å². The van der Waals surface area contributed by atoms with Gasteiger partial charge in [-0.3, -0.25) is 9.59 Å². The molecule has 3 N–H and O–H groups in total. The lowest BCUT2D eigenvalue weighted by atomic mass is 10.1. The number of morpholine rings is 1. The molecule has 6 nitrogen and oxygen atoms in total. The van der Waals surface area contributed by atoms with Gasteiger partial charge in [0.15, 0.2) is 0 Å². The number of hydrogen-bond acceptors (Lipinski definition) is 4. The highest BCUT2D eigenvalue weighted by Crippen LogP contribution is 2.04. The fraction of sp³-hybridized carbons (Fsp3) is 0.833. The first-order valence-electron chi connectivity index (χ1n) is 6.37. The van der Waals surface area contributed by atoms with E-state index in [2.05, 4.69) is 10.6 Å². The van der Waals surface area contributed by atoms with Gasteiger partial charge in [-0.05, 0) is 12.3 Å². The summed E-state index contributed by atoms with van der Waals surface area (Å²) in [5, 5.41) is 14.6. The maximum absolute atomic E-state index is 11.6. The quantitative estimate of drug-likeness (QED) is 0.597. The Bertz CT molecular complexity index is 277. The number of nitrogens with one attached hydrogen (secondary N) is 2. The number of amides is 1. The Morgan fingerprint density at radius 3 is 2.94 bits per heavy atom. The minimum atomic E-state index is -0.795. The zero-order valence-corrected chi connectivity index (χ0v) is 10.8. The van der Waals surface area contributed by atoms with Gasteiger partial charge in [-0.1, -0.05) is 6.92 Å². The molecule has 2 unspecified atom stereocenters. The molecule has 1 fully saturated rings. The molecule has 1 rings (SSSR count). The molecular formula is C12H22N2O4. The van der Waals surface area contributed by atoms with Crippen molar-refractivity contribution in [1.29, 1.82) is 0 Å². The molecule has 6 heteroatoms. The van der Waals surface area contributed by atoms with Crippen LogP contribution in [0.15, 0.2) is 0 Å². The van der Waals surface area contributed by atoms with E-state index in [0.29, 0.717) is 32.6 Å². The first-order chi connectivity index (χ1) is 8.58. The zero-order valence-electron chi connectivity index (χ0n) is 10.8. The van der Waals surface area contributed by atoms with Crippen LogP contribution in [-0.2, 0) is 14.3 Å². The van der Waals surface area contributed by atoms with Gasteiger partial charge in [0.25, 0.3) is 0 Å². The molecule has 0 spiro atoms. The normalized spacial score (nSPS) is 21.3. The molecular weight excluding hydrogens is 236 g/mol. The maximum atomic E-state index is 11.6. The minimum Gasteiger partial charge on any atom is -0.481 e. The highest BCUT2D eigenvalue weighted by Gasteiger charge is 2.17. The van der Waals surface area contributed by atoms with E-state index in [4.69, 9.17) is 9.84 Å². The number of carbonyl (C=O) groups excluding carboxylic acids is 1. The number of carboxylic acids is 1. The van der Waals surface area contributed by atoms with Crippen molar-refractivity contribution in [2.24, 2.45) is 5.92 Å². The fourth-order valence-corrected chi connectivity index (χ4v) is 1.81. The molecule has 2 atom stereocenters. The number of aliphatic carboxylic acids is 1. The van der Waals surface area contributed by atoms with Gasteiger partial charge >= 0.3 is 5.97 Å². The Balaban J connectivity index is 2.10. The average molecular weight is 258 g/mol. The van der Waals surface area contributed by atoms with Crippen LogP contribution in [0.2, 0.25) is 0 Å². The summed E-state index contributed by atoms with van der Waals surface area (Å²) in [6.45, 7) is 4.52. The van der Waals surface area contributed by atoms with Crippen molar-refractivity contribution >= 4 is 11.9 Å². The van der Waals surface area contributed by atoms with Gasteiger partial charge in [0, 0.05) is 32.0 Å². The van der Waals surface area contributed by atoms with E-state index in [1.54, 1.807) is 0 Å². The molecule has 0 aromatic heterocycles. The average Bonchev–Trinajstić information content (AvgIpc) is 2.35. The highest BCUT2D eigenvalue weighted by molar-refractivity contribution is 5.76. The lowest BCUT2D eigenvalue weighted by Gasteiger charge is -2.23. The maximum Gasteiger partial charge on any atom is 0.303 e. The van der Waals surface area contributed by atoms with Crippen LogP contribution in [0.1, 0.15) is 26.2 Å². The third kappa shape index (κ3) is 6.56. The molecule has 0 aromatic rings. The van der Waals surface area contributed by atoms with Crippen LogP contribution in [0.5, 0.6) is 0 Å². The zero-order chi connectivity index (χ0) is 13.4. The smallest absolute Gasteiger partial charge is 0.303 e. The lowest BCUT2D eigenvalue weighted by Crippen LogP contribution is -2.44. The molecule has 0 radical (unpaired) electrons. The summed E-state index contributed by atoms with van der Waals surface area (Å²) in [6.07, 6.45) is 1.14. The second-order valence-electron chi connectivity index (χ2n) is 4.77. The minimum absolute atomic E-state index is 0.0137. The van der Waals surface area contributed by atoms with Crippen molar-refractivity contribution in [3.05, 3.63) is 0 Å². The van der Waals surface area contributed by atoms with Gasteiger partial charge in [-0.15, -0.1) is 0 Å². The molecule has 0 bridgehead atoms. The Morgan fingerprint density at radius 1 is 1.56 bits per heavy atom. The predicted molar refractivity (Wildman–Crippen MR) is 66.3 cm³/mol. The third-order valence-electron chi connectivity index (χ3n) is 2.93. The number of ether oxygens (including phenoxy) is 1. The molecule has 1 amide bonds. The van der Waals surface area contributed by atoms with Crippen molar-refractivity contribution in [2.45, 2.75) is 32.2 Å². The first kappa shape index (κ1) is 14.9. The summed E-state index contributed by atoms with van der Waals surface area (Å²) in [6, 6.07) is 0.0908. The summed E-state index contributed by atoms with van der Waals surface area (Å²) in [5.74, 6) is -0.627. The topological polar surface area (TPSA) is 87.7 Å². The van der Waals surface area contributed by atoms with E-state index in [-0.39, 0.29) is 24.3 Å². The van der Waals surface area contributed by atoms with Crippen molar-refractivity contribution in [2.75, 3.05) is 26.3 Å². The van der Waals surface area contributed by atoms with Crippen LogP contribution in [0.25, 0.3) is 0 Å². The summed E-state index contributed by atoms with van der Waals surface area (Å²) in [5.41, 5.74) is 0. The van der Waals surface area contributed by atoms with Crippen molar-refractivity contribution in [1.82, 2.24) is 10.6 Å². The first-order valence-corrected chi connectivity index (χ1v) is 6.37. The fourth-order valence-electron chi connectivity index (χ4n) is 1.81. The monoisotopic (exact) mass is 258 g/mol. The number of carbonyl (C=O) groups is 2. The molecule has 1 saturated heterocycles. The third-order valence-corrected chi connectivity index (χ3v) is 2.93. The van der Waals surface area contributed by atoms with E-state index in [1.807, 2.05) is 6.92 Å². The van der Waals surface area contributed by atoms with Crippen molar-refractivity contribution in [3.8, 4) is 0 Å². The molecule has 0 aliphatic carbocycles. The SMILES string of the molecule is CC(CCC(=O)O)CNC(=O)CC1COCCN1. The van der Waals surface area contributed by atoms with Crippen molar-refractivity contribution in [3.63, 3.8) is 0 Å².